The minimum absolute atomic E-state index is 0. The maximum Gasteiger partial charge on any atom is 0.244 e. The third kappa shape index (κ3) is 3.51. The Morgan fingerprint density at radius 3 is 2.65 bits per heavy atom. The highest BCUT2D eigenvalue weighted by Gasteiger charge is 2.38. The number of sulfonamides is 1. The average Bonchev–Trinajstić information content (AvgIpc) is 2.32. The molecule has 8 heteroatoms. The molecule has 0 aromatic carbocycles. The molecule has 20 heavy (non-hydrogen) atoms. The third-order valence-electron chi connectivity index (χ3n) is 3.59. The number of hydrogen-bond acceptors (Lipinski definition) is 4. The standard InChI is InChI=1S/C12H18BrN3O2S.ClH/c1-12(2)8-16(4-3-11(12)14)19(17,18)10-5-9(13)6-15-7-10;/h5-7,11H,3-4,8,14H2,1-2H3;1H. The van der Waals surface area contributed by atoms with Crippen LogP contribution in [0.2, 0.25) is 0 Å². The highest BCUT2D eigenvalue weighted by molar-refractivity contribution is 9.10. The fraction of sp³-hybridized carbons (Fsp3) is 0.583. The second-order valence-corrected chi connectivity index (χ2v) is 8.41. The fourth-order valence-corrected chi connectivity index (χ4v) is 4.35. The van der Waals surface area contributed by atoms with Gasteiger partial charge in [-0.3, -0.25) is 4.98 Å². The molecule has 1 aliphatic heterocycles. The van der Waals surface area contributed by atoms with Crippen LogP contribution in [0.4, 0.5) is 0 Å². The summed E-state index contributed by atoms with van der Waals surface area (Å²) in [6.45, 7) is 4.89. The number of nitrogens with zero attached hydrogens (tertiary/aromatic N) is 2. The highest BCUT2D eigenvalue weighted by Crippen LogP contribution is 2.31. The van der Waals surface area contributed by atoms with Gasteiger partial charge in [0.2, 0.25) is 10.0 Å². The lowest BCUT2D eigenvalue weighted by Crippen LogP contribution is -2.53. The van der Waals surface area contributed by atoms with Gasteiger partial charge in [0.25, 0.3) is 0 Å². The Bertz CT molecular complexity index is 580. The Kier molecular flexibility index (Phi) is 5.60. The first-order chi connectivity index (χ1) is 8.73. The van der Waals surface area contributed by atoms with Crippen LogP contribution in [0.3, 0.4) is 0 Å². The molecule has 2 heterocycles. The molecule has 0 amide bonds. The van der Waals surface area contributed by atoms with Crippen LogP contribution < -0.4 is 5.73 Å². The van der Waals surface area contributed by atoms with E-state index in [1.807, 2.05) is 13.8 Å². The van der Waals surface area contributed by atoms with Crippen molar-refractivity contribution in [3.8, 4) is 0 Å². The first kappa shape index (κ1) is 17.8. The predicted molar refractivity (Wildman–Crippen MR) is 84.3 cm³/mol. The molecule has 1 aromatic heterocycles. The normalized spacial score (nSPS) is 23.1. The monoisotopic (exact) mass is 383 g/mol. The minimum atomic E-state index is -3.49. The highest BCUT2D eigenvalue weighted by atomic mass is 79.9. The summed E-state index contributed by atoms with van der Waals surface area (Å²) in [5.41, 5.74) is 5.82. The molecule has 1 fully saturated rings. The topological polar surface area (TPSA) is 76.3 Å². The number of hydrogen-bond donors (Lipinski definition) is 1. The maximum atomic E-state index is 12.6. The van der Waals surface area contributed by atoms with Gasteiger partial charge >= 0.3 is 0 Å². The van der Waals surface area contributed by atoms with Crippen molar-refractivity contribution < 1.29 is 8.42 Å². The summed E-state index contributed by atoms with van der Waals surface area (Å²) >= 11 is 3.25. The molecule has 0 spiro atoms. The summed E-state index contributed by atoms with van der Waals surface area (Å²) in [6, 6.07) is 1.60. The molecule has 1 unspecified atom stereocenters. The van der Waals surface area contributed by atoms with Gasteiger partial charge in [0, 0.05) is 36.0 Å². The second-order valence-electron chi connectivity index (χ2n) is 5.56. The lowest BCUT2D eigenvalue weighted by Gasteiger charge is -2.41. The van der Waals surface area contributed by atoms with Gasteiger partial charge in [-0.15, -0.1) is 12.4 Å². The summed E-state index contributed by atoms with van der Waals surface area (Å²) in [5, 5.41) is 0. The number of nitrogens with two attached hydrogens (primary N) is 1. The lowest BCUT2D eigenvalue weighted by molar-refractivity contribution is 0.155. The van der Waals surface area contributed by atoms with E-state index in [0.717, 1.165) is 0 Å². The van der Waals surface area contributed by atoms with Crippen LogP contribution in [-0.2, 0) is 10.0 Å². The van der Waals surface area contributed by atoms with Crippen LogP contribution in [-0.4, -0.2) is 36.8 Å². The van der Waals surface area contributed by atoms with Gasteiger partial charge in [0.05, 0.1) is 0 Å². The molecule has 5 nitrogen and oxygen atoms in total. The van der Waals surface area contributed by atoms with Gasteiger partial charge in [-0.2, -0.15) is 4.31 Å². The molecule has 1 saturated heterocycles. The van der Waals surface area contributed by atoms with E-state index in [1.165, 1.54) is 10.5 Å². The van der Waals surface area contributed by atoms with E-state index < -0.39 is 10.0 Å². The Morgan fingerprint density at radius 2 is 2.10 bits per heavy atom. The van der Waals surface area contributed by atoms with Gasteiger partial charge in [-0.25, -0.2) is 8.42 Å². The molecular weight excluding hydrogens is 366 g/mol. The predicted octanol–water partition coefficient (Wildman–Crippen LogP) is 2.01. The van der Waals surface area contributed by atoms with Crippen molar-refractivity contribution in [2.45, 2.75) is 31.2 Å². The molecule has 2 N–H and O–H groups in total. The summed E-state index contributed by atoms with van der Waals surface area (Å²) in [5.74, 6) is 0. The van der Waals surface area contributed by atoms with E-state index in [4.69, 9.17) is 5.73 Å². The first-order valence-corrected chi connectivity index (χ1v) is 8.33. The average molecular weight is 385 g/mol. The maximum absolute atomic E-state index is 12.6. The minimum Gasteiger partial charge on any atom is -0.327 e. The number of halogens is 2. The van der Waals surface area contributed by atoms with Gasteiger partial charge in [0.1, 0.15) is 4.90 Å². The summed E-state index contributed by atoms with van der Waals surface area (Å²) in [4.78, 5) is 4.14. The number of pyridine rings is 1. The SMILES string of the molecule is CC1(C)CN(S(=O)(=O)c2cncc(Br)c2)CCC1N.Cl. The van der Waals surface area contributed by atoms with Crippen LogP contribution in [0.15, 0.2) is 27.8 Å². The van der Waals surface area contributed by atoms with Gasteiger partial charge in [0.15, 0.2) is 0 Å². The van der Waals surface area contributed by atoms with E-state index in [9.17, 15) is 8.42 Å². The van der Waals surface area contributed by atoms with E-state index >= 15 is 0 Å². The molecule has 0 saturated carbocycles. The van der Waals surface area contributed by atoms with Crippen LogP contribution >= 0.6 is 28.3 Å². The Hall–Kier alpha value is -0.210. The van der Waals surface area contributed by atoms with Gasteiger partial charge in [-0.05, 0) is 33.8 Å². The Balaban J connectivity index is 0.00000200. The van der Waals surface area contributed by atoms with Crippen molar-refractivity contribution in [3.63, 3.8) is 0 Å². The van der Waals surface area contributed by atoms with Crippen molar-refractivity contribution in [1.29, 1.82) is 0 Å². The van der Waals surface area contributed by atoms with E-state index in [1.54, 1.807) is 12.3 Å². The molecule has 0 radical (unpaired) electrons. The quantitative estimate of drug-likeness (QED) is 0.846. The molecule has 114 valence electrons. The fourth-order valence-electron chi connectivity index (χ4n) is 2.21. The second kappa shape index (κ2) is 6.27. The van der Waals surface area contributed by atoms with E-state index in [-0.39, 0.29) is 28.8 Å². The van der Waals surface area contributed by atoms with Crippen molar-refractivity contribution in [1.82, 2.24) is 9.29 Å². The Morgan fingerprint density at radius 1 is 1.45 bits per heavy atom. The molecule has 0 bridgehead atoms. The summed E-state index contributed by atoms with van der Waals surface area (Å²) in [6.07, 6.45) is 3.62. The van der Waals surface area contributed by atoms with Crippen molar-refractivity contribution in [2.75, 3.05) is 13.1 Å². The molecule has 0 aliphatic carbocycles. The number of piperidine rings is 1. The molecular formula is C12H19BrClN3O2S. The van der Waals surface area contributed by atoms with Crippen LogP contribution in [0.1, 0.15) is 20.3 Å². The smallest absolute Gasteiger partial charge is 0.244 e. The van der Waals surface area contributed by atoms with Crippen molar-refractivity contribution in [3.05, 3.63) is 22.9 Å². The summed E-state index contributed by atoms with van der Waals surface area (Å²) in [7, 11) is -3.49. The van der Waals surface area contributed by atoms with E-state index in [2.05, 4.69) is 20.9 Å². The molecule has 1 aromatic rings. The Labute approximate surface area is 134 Å². The third-order valence-corrected chi connectivity index (χ3v) is 5.84. The first-order valence-electron chi connectivity index (χ1n) is 6.10. The van der Waals surface area contributed by atoms with Gasteiger partial charge in [-0.1, -0.05) is 13.8 Å². The van der Waals surface area contributed by atoms with Crippen molar-refractivity contribution >= 4 is 38.4 Å². The molecule has 2 rings (SSSR count). The largest absolute Gasteiger partial charge is 0.327 e. The van der Waals surface area contributed by atoms with Crippen LogP contribution in [0.25, 0.3) is 0 Å². The number of aromatic nitrogens is 1. The molecule has 1 aliphatic rings. The zero-order valence-corrected chi connectivity index (χ0v) is 14.6. The zero-order chi connectivity index (χ0) is 14.3. The van der Waals surface area contributed by atoms with Gasteiger partial charge < -0.3 is 5.73 Å². The van der Waals surface area contributed by atoms with E-state index in [0.29, 0.717) is 24.0 Å². The van der Waals surface area contributed by atoms with Crippen molar-refractivity contribution in [2.24, 2.45) is 11.1 Å². The van der Waals surface area contributed by atoms with Crippen LogP contribution in [0.5, 0.6) is 0 Å². The summed E-state index contributed by atoms with van der Waals surface area (Å²) < 4.78 is 27.3. The molecule has 1 atom stereocenters. The lowest BCUT2D eigenvalue weighted by atomic mass is 9.81. The zero-order valence-electron chi connectivity index (χ0n) is 11.4. The van der Waals surface area contributed by atoms with Crippen LogP contribution in [0, 0.1) is 5.41 Å². The number of rotatable bonds is 2.